The molecule has 0 spiro atoms. The lowest BCUT2D eigenvalue weighted by atomic mass is 10.1. The van der Waals surface area contributed by atoms with Crippen molar-refractivity contribution < 1.29 is 77.1 Å². The van der Waals surface area contributed by atoms with E-state index in [2.05, 4.69) is 28.8 Å². The fourth-order valence-corrected chi connectivity index (χ4v) is 8.64. The smallest absolute Gasteiger partial charge is 0.397 e. The monoisotopic (exact) mass is 866 g/mol. The average molecular weight is 867 g/mol. The van der Waals surface area contributed by atoms with Gasteiger partial charge in [-0.2, -0.15) is 38.8 Å². The number of nitrogens with two attached hydrogens (primary N) is 2. The minimum atomic E-state index is -5.31. The lowest BCUT2D eigenvalue weighted by molar-refractivity contribution is 0.282. The molecule has 292 valence electrons. The number of nitrogen functional groups attached to an aromatic ring is 2. The van der Waals surface area contributed by atoms with Gasteiger partial charge in [0.15, 0.2) is 19.7 Å². The van der Waals surface area contributed by atoms with Gasteiger partial charge in [-0.1, -0.05) is 0 Å². The molecular weight excluding hydrogens is 841 g/mol. The molecule has 0 aliphatic heterocycles. The van der Waals surface area contributed by atoms with Gasteiger partial charge in [-0.15, -0.1) is 15.3 Å². The Morgan fingerprint density at radius 2 is 1.06 bits per heavy atom. The summed E-state index contributed by atoms with van der Waals surface area (Å²) in [5.74, 6) is -1.92. The Morgan fingerprint density at radius 1 is 0.585 bits per heavy atom. The van der Waals surface area contributed by atoms with Crippen molar-refractivity contribution in [2.75, 3.05) is 36.2 Å². The van der Waals surface area contributed by atoms with Gasteiger partial charge in [-0.25, -0.2) is 25.2 Å². The summed E-state index contributed by atoms with van der Waals surface area (Å²) in [5.41, 5.74) is 8.27. The number of hydrogen-bond donors (Lipinski definition) is 6. The summed E-state index contributed by atoms with van der Waals surface area (Å²) in [7, 11) is -29.1. The Kier molecular flexibility index (Phi) is 12.9. The fourth-order valence-electron chi connectivity index (χ4n) is 4.02. The predicted octanol–water partition coefficient (Wildman–Crippen LogP) is 1.67. The van der Waals surface area contributed by atoms with Crippen molar-refractivity contribution in [3.8, 4) is 0 Å². The maximum absolute atomic E-state index is 12.6. The molecule has 8 N–H and O–H groups in total. The van der Waals surface area contributed by atoms with Crippen LogP contribution < -0.4 is 11.5 Å². The van der Waals surface area contributed by atoms with Gasteiger partial charge in [-0.05, 0) is 55.0 Å². The molecule has 0 unspecified atom stereocenters. The van der Waals surface area contributed by atoms with Gasteiger partial charge in [0.25, 0.3) is 20.2 Å². The second-order valence-electron chi connectivity index (χ2n) is 10.1. The maximum atomic E-state index is 12.6. The standard InChI is InChI=1S/C23H26N6O18S6/c1-13-19(24)21(28-26-14-2-4-15(5-3-14)48(30,31)10-8-46-52(40,41)42)20(25)22(23(13)51(37,38)39)29-27-17-7-6-16(12-18(17)50(34,35)36)49(32,33)11-9-47-53(43,44)45/h2-7,12H,8-11,24-25H2,1H3,(H,34,35,36)(H,37,38,39)(H,40,41,42)(H,43,44,45)/b28-26+,29-27+. The molecule has 0 fully saturated rings. The first-order valence-corrected chi connectivity index (χ1v) is 22.4. The molecule has 0 heterocycles. The van der Waals surface area contributed by atoms with Gasteiger partial charge >= 0.3 is 20.8 Å². The molecule has 30 heteroatoms. The molecule has 3 aromatic rings. The number of azo groups is 2. The summed E-state index contributed by atoms with van der Waals surface area (Å²) < 4.78 is 187. The van der Waals surface area contributed by atoms with Crippen molar-refractivity contribution in [1.82, 2.24) is 0 Å². The molecule has 0 bridgehead atoms. The average Bonchev–Trinajstić information content (AvgIpc) is 2.99. The van der Waals surface area contributed by atoms with Crippen LogP contribution in [0.5, 0.6) is 0 Å². The van der Waals surface area contributed by atoms with Gasteiger partial charge in [0.1, 0.15) is 26.9 Å². The molecule has 0 saturated heterocycles. The maximum Gasteiger partial charge on any atom is 0.397 e. The molecule has 0 saturated carbocycles. The molecule has 0 aliphatic rings. The topological polar surface area (TPSA) is 406 Å². The van der Waals surface area contributed by atoms with Crippen molar-refractivity contribution >= 4 is 94.8 Å². The molecule has 3 rings (SSSR count). The Balaban J connectivity index is 2.08. The van der Waals surface area contributed by atoms with Gasteiger partial charge in [-0.3, -0.25) is 18.2 Å². The van der Waals surface area contributed by atoms with Crippen LogP contribution in [-0.4, -0.2) is 93.4 Å². The van der Waals surface area contributed by atoms with Crippen LogP contribution in [0, 0.1) is 6.92 Å². The SMILES string of the molecule is Cc1c(N)c(/N=N/c2ccc(S(=O)(=O)CCOS(=O)(=O)O)cc2)c(N)c(/N=N/c2ccc(S(=O)(=O)CCOS(=O)(=O)O)cc2S(=O)(=O)O)c1S(=O)(=O)O. The summed E-state index contributed by atoms with van der Waals surface area (Å²) in [6, 6.07) is 6.21. The van der Waals surface area contributed by atoms with E-state index in [1.54, 1.807) is 0 Å². The minimum Gasteiger partial charge on any atom is -0.397 e. The fraction of sp³-hybridized carbons (Fsp3) is 0.217. The third-order valence-electron chi connectivity index (χ3n) is 6.44. The number of nitrogens with zero attached hydrogens (tertiary/aromatic N) is 4. The second kappa shape index (κ2) is 15.7. The Hall–Kier alpha value is -4.08. The van der Waals surface area contributed by atoms with Crippen LogP contribution in [-0.2, 0) is 69.1 Å². The zero-order chi connectivity index (χ0) is 40.4. The van der Waals surface area contributed by atoms with Crippen molar-refractivity contribution in [2.24, 2.45) is 20.5 Å². The first kappa shape index (κ1) is 43.3. The van der Waals surface area contributed by atoms with E-state index in [0.717, 1.165) is 37.3 Å². The molecule has 0 aliphatic carbocycles. The highest BCUT2D eigenvalue weighted by atomic mass is 32.3. The normalized spacial score (nSPS) is 13.6. The van der Waals surface area contributed by atoms with E-state index in [9.17, 15) is 59.6 Å². The first-order chi connectivity index (χ1) is 24.0. The lowest BCUT2D eigenvalue weighted by Gasteiger charge is -2.14. The Morgan fingerprint density at radius 3 is 1.53 bits per heavy atom. The highest BCUT2D eigenvalue weighted by Gasteiger charge is 2.28. The molecule has 0 aromatic heterocycles. The lowest BCUT2D eigenvalue weighted by Crippen LogP contribution is -2.16. The van der Waals surface area contributed by atoms with E-state index < -0.39 is 134 Å². The number of benzene rings is 3. The summed E-state index contributed by atoms with van der Waals surface area (Å²) in [4.78, 5) is -3.35. The number of sulfone groups is 2. The van der Waals surface area contributed by atoms with Crippen molar-refractivity contribution in [3.05, 3.63) is 48.0 Å². The molecule has 24 nitrogen and oxygen atoms in total. The Labute approximate surface area is 301 Å². The van der Waals surface area contributed by atoms with Crippen LogP contribution in [0.3, 0.4) is 0 Å². The van der Waals surface area contributed by atoms with E-state index in [0.29, 0.717) is 12.1 Å². The Bertz CT molecular complexity index is 2660. The van der Waals surface area contributed by atoms with Crippen LogP contribution in [0.4, 0.5) is 34.1 Å². The van der Waals surface area contributed by atoms with Gasteiger partial charge in [0.2, 0.25) is 0 Å². The van der Waals surface area contributed by atoms with Gasteiger partial charge < -0.3 is 11.5 Å². The van der Waals surface area contributed by atoms with E-state index in [1.165, 1.54) is 0 Å². The van der Waals surface area contributed by atoms with Crippen molar-refractivity contribution in [3.63, 3.8) is 0 Å². The summed E-state index contributed by atoms with van der Waals surface area (Å²) in [5, 5.41) is 14.9. The molecule has 3 aromatic carbocycles. The van der Waals surface area contributed by atoms with E-state index >= 15 is 0 Å². The third-order valence-corrected chi connectivity index (χ3v) is 12.6. The molecule has 0 atom stereocenters. The molecule has 0 radical (unpaired) electrons. The van der Waals surface area contributed by atoms with Crippen LogP contribution in [0.15, 0.2) is 82.5 Å². The zero-order valence-corrected chi connectivity index (χ0v) is 31.2. The zero-order valence-electron chi connectivity index (χ0n) is 26.3. The third kappa shape index (κ3) is 11.7. The molecule has 53 heavy (non-hydrogen) atoms. The van der Waals surface area contributed by atoms with E-state index in [1.807, 2.05) is 0 Å². The number of rotatable bonds is 16. The highest BCUT2D eigenvalue weighted by molar-refractivity contribution is 7.92. The van der Waals surface area contributed by atoms with Crippen molar-refractivity contribution in [2.45, 2.75) is 26.5 Å². The van der Waals surface area contributed by atoms with E-state index in [-0.39, 0.29) is 10.6 Å². The summed E-state index contributed by atoms with van der Waals surface area (Å²) in [6.45, 7) is -0.888. The second-order valence-corrected chi connectivity index (χ2v) is 19.2. The minimum absolute atomic E-state index is 0.0472. The predicted molar refractivity (Wildman–Crippen MR) is 180 cm³/mol. The van der Waals surface area contributed by atoms with Gasteiger partial charge in [0.05, 0.1) is 51.6 Å². The van der Waals surface area contributed by atoms with Crippen LogP contribution in [0.1, 0.15) is 5.56 Å². The van der Waals surface area contributed by atoms with Crippen LogP contribution in [0.2, 0.25) is 0 Å². The summed E-state index contributed by atoms with van der Waals surface area (Å²) in [6.07, 6.45) is 0. The van der Waals surface area contributed by atoms with Crippen molar-refractivity contribution in [1.29, 1.82) is 0 Å². The van der Waals surface area contributed by atoms with Crippen LogP contribution in [0.25, 0.3) is 0 Å². The van der Waals surface area contributed by atoms with Crippen LogP contribution >= 0.6 is 0 Å². The highest BCUT2D eigenvalue weighted by Crippen LogP contribution is 2.46. The number of anilines is 2. The molecular formula is C23H26N6O18S6. The number of hydrogen-bond acceptors (Lipinski definition) is 20. The largest absolute Gasteiger partial charge is 0.397 e. The molecule has 0 amide bonds. The van der Waals surface area contributed by atoms with E-state index in [4.69, 9.17) is 20.6 Å². The first-order valence-electron chi connectivity index (χ1n) is 13.5. The van der Waals surface area contributed by atoms with Gasteiger partial charge in [0, 0.05) is 0 Å². The summed E-state index contributed by atoms with van der Waals surface area (Å²) >= 11 is 0. The quantitative estimate of drug-likeness (QED) is 0.0677.